The van der Waals surface area contributed by atoms with Gasteiger partial charge in [0.25, 0.3) is 0 Å². The summed E-state index contributed by atoms with van der Waals surface area (Å²) >= 11 is -3.69. The Hall–Kier alpha value is -8.52. The van der Waals surface area contributed by atoms with Gasteiger partial charge in [0.2, 0.25) is 0 Å². The predicted octanol–water partition coefficient (Wildman–Crippen LogP) is 9.63. The molecule has 6 nitrogen and oxygen atoms in total. The van der Waals surface area contributed by atoms with Crippen molar-refractivity contribution in [2.24, 2.45) is 0 Å². The first-order valence-corrected chi connectivity index (χ1v) is 27.8. The predicted molar refractivity (Wildman–Crippen MR) is 285 cm³/mol. The summed E-state index contributed by atoms with van der Waals surface area (Å²) in [6, 6.07) is 86.2. The zero-order valence-corrected chi connectivity index (χ0v) is 39.3. The molecule has 15 rings (SSSR count). The van der Waals surface area contributed by atoms with E-state index in [9.17, 15) is 0 Å². The van der Waals surface area contributed by atoms with Crippen molar-refractivity contribution in [2.75, 3.05) is 0 Å². The van der Waals surface area contributed by atoms with Crippen molar-refractivity contribution < 1.29 is 9.47 Å². The van der Waals surface area contributed by atoms with Gasteiger partial charge in [-0.25, -0.2) is 0 Å². The summed E-state index contributed by atoms with van der Waals surface area (Å²) in [4.78, 5) is 5.37. The second kappa shape index (κ2) is 14.7. The van der Waals surface area contributed by atoms with Gasteiger partial charge in [0.1, 0.15) is 0 Å². The number of para-hydroxylation sites is 7. The number of nitrogens with zero attached hydrogens (tertiary/aromatic N) is 4. The first-order valence-electron chi connectivity index (χ1n) is 23.6. The Morgan fingerprint density at radius 3 is 1.58 bits per heavy atom. The maximum absolute atomic E-state index is 6.96. The first kappa shape index (κ1) is 38.6. The van der Waals surface area contributed by atoms with E-state index in [1.54, 1.807) is 0 Å². The molecule has 5 heterocycles. The second-order valence-corrected chi connectivity index (χ2v) is 26.2. The van der Waals surface area contributed by atoms with E-state index in [2.05, 4.69) is 250 Å². The van der Waals surface area contributed by atoms with E-state index in [1.165, 1.54) is 23.0 Å². The van der Waals surface area contributed by atoms with E-state index in [4.69, 9.17) is 14.5 Å². The van der Waals surface area contributed by atoms with Crippen LogP contribution in [0.3, 0.4) is 0 Å². The number of rotatable bonds is 6. The van der Waals surface area contributed by atoms with Crippen LogP contribution in [0.5, 0.6) is 23.0 Å². The molecular formula is C61H39BGeN4O2. The van der Waals surface area contributed by atoms with Crippen LogP contribution in [0.4, 0.5) is 0 Å². The Labute approximate surface area is 400 Å². The van der Waals surface area contributed by atoms with Crippen LogP contribution in [0.15, 0.2) is 237 Å². The summed E-state index contributed by atoms with van der Waals surface area (Å²) in [7, 11) is 0. The zero-order chi connectivity index (χ0) is 45.2. The van der Waals surface area contributed by atoms with E-state index < -0.39 is 13.3 Å². The van der Waals surface area contributed by atoms with Crippen LogP contribution in [0.25, 0.3) is 61.0 Å². The molecule has 0 fully saturated rings. The van der Waals surface area contributed by atoms with Gasteiger partial charge in [-0.15, -0.1) is 0 Å². The van der Waals surface area contributed by atoms with Gasteiger partial charge in [0.15, 0.2) is 0 Å². The molecule has 2 aliphatic heterocycles. The van der Waals surface area contributed by atoms with Crippen LogP contribution < -0.4 is 43.4 Å². The van der Waals surface area contributed by atoms with Crippen molar-refractivity contribution >= 4 is 104 Å². The Kier molecular flexibility index (Phi) is 8.24. The summed E-state index contributed by atoms with van der Waals surface area (Å²) in [5, 5.41) is 2.31. The maximum atomic E-state index is 6.96. The minimum atomic E-state index is -3.69. The summed E-state index contributed by atoms with van der Waals surface area (Å²) in [6.07, 6.45) is 0. The number of benzene rings is 10. The van der Waals surface area contributed by atoms with Gasteiger partial charge in [-0.3, -0.25) is 0 Å². The fourth-order valence-electron chi connectivity index (χ4n) is 11.9. The average Bonchev–Trinajstić information content (AvgIpc) is 4.07. The standard InChI is InChI=1S/C61H39BGeN4O2/c1-4-19-40(20-5-1)63(41-21-6-2-7-22-41,42-23-8-3-9-24-42)43-35-36-50-46(37-43)45-25-18-32-54(67-53-31-15-14-30-52(53)66-51-29-13-12-28-49(51)64-61(66)67)60(45)65(50)44-38-57-59-58(39-44)69-56-34-17-11-27-48(56)62(59)47-26-10-16-33-55(47)68-57/h1-39H. The van der Waals surface area contributed by atoms with Crippen molar-refractivity contribution in [1.82, 2.24) is 18.5 Å². The molecule has 0 radical (unpaired) electrons. The minimum absolute atomic E-state index is 0.0295. The summed E-state index contributed by atoms with van der Waals surface area (Å²) in [6.45, 7) is -0.0295. The van der Waals surface area contributed by atoms with Crippen molar-refractivity contribution in [2.45, 2.75) is 0 Å². The van der Waals surface area contributed by atoms with Crippen LogP contribution in [-0.4, -0.2) is 38.5 Å². The molecular weight excluding hydrogens is 904 g/mol. The number of hydrogen-bond acceptors (Lipinski definition) is 3. The molecule has 2 aliphatic rings. The molecule has 10 aromatic carbocycles. The molecule has 0 saturated carbocycles. The SMILES string of the molecule is c1cc[c]([Ge]([c]2ccccc2)([c]2ccccc2)[c]2ccc3c(c2)c2cccc(-n4c5ccccc5n5c6ccccc6nc45)c2n3-c2cc3c4c(c2)Oc2ccccc2B4c2ccccc2O3)cc1. The van der Waals surface area contributed by atoms with E-state index in [0.717, 1.165) is 95.0 Å². The van der Waals surface area contributed by atoms with Gasteiger partial charge in [0.05, 0.1) is 0 Å². The molecule has 0 aliphatic carbocycles. The zero-order valence-electron chi connectivity index (χ0n) is 37.2. The topological polar surface area (TPSA) is 45.6 Å². The molecule has 3 aromatic heterocycles. The van der Waals surface area contributed by atoms with Gasteiger partial charge in [-0.05, 0) is 0 Å². The molecule has 8 heteroatoms. The number of aromatic nitrogens is 4. The molecule has 13 aromatic rings. The third-order valence-electron chi connectivity index (χ3n) is 14.7. The van der Waals surface area contributed by atoms with E-state index in [1.807, 2.05) is 0 Å². The van der Waals surface area contributed by atoms with E-state index in [-0.39, 0.29) is 6.71 Å². The molecule has 0 atom stereocenters. The third kappa shape index (κ3) is 5.42. The van der Waals surface area contributed by atoms with Gasteiger partial charge >= 0.3 is 390 Å². The number of hydrogen-bond donors (Lipinski definition) is 0. The van der Waals surface area contributed by atoms with Gasteiger partial charge in [-0.2, -0.15) is 0 Å². The van der Waals surface area contributed by atoms with Crippen LogP contribution >= 0.6 is 0 Å². The molecule has 0 spiro atoms. The van der Waals surface area contributed by atoms with Gasteiger partial charge < -0.3 is 0 Å². The van der Waals surface area contributed by atoms with Crippen molar-refractivity contribution in [1.29, 1.82) is 0 Å². The molecule has 0 unspecified atom stereocenters. The third-order valence-corrected chi connectivity index (χ3v) is 24.7. The van der Waals surface area contributed by atoms with Crippen molar-refractivity contribution in [3.05, 3.63) is 237 Å². The Morgan fingerprint density at radius 2 is 0.942 bits per heavy atom. The normalized spacial score (nSPS) is 12.8. The number of fused-ring (bicyclic) bond motifs is 12. The summed E-state index contributed by atoms with van der Waals surface area (Å²) < 4.78 is 26.5. The molecule has 0 N–H and O–H groups in total. The fourth-order valence-corrected chi connectivity index (χ4v) is 21.9. The van der Waals surface area contributed by atoms with Crippen molar-refractivity contribution in [3.63, 3.8) is 0 Å². The van der Waals surface area contributed by atoms with Crippen molar-refractivity contribution in [3.8, 4) is 34.4 Å². The molecule has 0 amide bonds. The summed E-state index contributed by atoms with van der Waals surface area (Å²) in [5.41, 5.74) is 11.6. The summed E-state index contributed by atoms with van der Waals surface area (Å²) in [5.74, 6) is 4.17. The average molecular weight is 943 g/mol. The number of imidazole rings is 2. The van der Waals surface area contributed by atoms with Gasteiger partial charge in [0, 0.05) is 0 Å². The van der Waals surface area contributed by atoms with Crippen LogP contribution in [-0.2, 0) is 0 Å². The monoisotopic (exact) mass is 944 g/mol. The van der Waals surface area contributed by atoms with Gasteiger partial charge in [-0.1, -0.05) is 12.1 Å². The Bertz CT molecular complexity index is 4050. The second-order valence-electron chi connectivity index (χ2n) is 18.2. The first-order chi connectivity index (χ1) is 34.2. The Morgan fingerprint density at radius 1 is 0.391 bits per heavy atom. The Balaban J connectivity index is 1.07. The van der Waals surface area contributed by atoms with Crippen LogP contribution in [0.1, 0.15) is 0 Å². The molecule has 322 valence electrons. The van der Waals surface area contributed by atoms with E-state index in [0.29, 0.717) is 0 Å². The molecule has 0 saturated heterocycles. The van der Waals surface area contributed by atoms with Crippen LogP contribution in [0, 0.1) is 0 Å². The molecule has 69 heavy (non-hydrogen) atoms. The number of ether oxygens (including phenoxy) is 2. The van der Waals surface area contributed by atoms with E-state index >= 15 is 0 Å². The fraction of sp³-hybridized carbons (Fsp3) is 0. The van der Waals surface area contributed by atoms with Crippen LogP contribution in [0.2, 0.25) is 0 Å². The molecule has 0 bridgehead atoms. The quantitative estimate of drug-likeness (QED) is 0.156.